The second kappa shape index (κ2) is 10.9. The Morgan fingerprint density at radius 1 is 1.08 bits per heavy atom. The lowest BCUT2D eigenvalue weighted by Gasteiger charge is -2.19. The zero-order valence-electron chi connectivity index (χ0n) is 21.2. The fourth-order valence-electron chi connectivity index (χ4n) is 4.74. The topological polar surface area (TPSA) is 147 Å². The Morgan fingerprint density at radius 3 is 2.51 bits per heavy atom. The van der Waals surface area contributed by atoms with Crippen LogP contribution in [0.15, 0.2) is 46.0 Å². The zero-order valence-corrected chi connectivity index (χ0v) is 22.0. The molecular weight excluding hydrogens is 524 g/mol. The molecule has 11 nitrogen and oxygen atoms in total. The van der Waals surface area contributed by atoms with Crippen LogP contribution in [-0.2, 0) is 22.6 Å². The number of nitrogens with one attached hydrogen (secondary N) is 3. The van der Waals surface area contributed by atoms with Crippen molar-refractivity contribution >= 4 is 45.8 Å². The van der Waals surface area contributed by atoms with Gasteiger partial charge < -0.3 is 20.7 Å². The number of ether oxygens (including phenoxy) is 1. The highest BCUT2D eigenvalue weighted by molar-refractivity contribution is 6.32. The summed E-state index contributed by atoms with van der Waals surface area (Å²) in [7, 11) is 0. The number of carbonyl (C=O) groups is 2. The number of nitrogens with zero attached hydrogens (tertiary/aromatic N) is 3. The molecule has 0 unspecified atom stereocenters. The van der Waals surface area contributed by atoms with Gasteiger partial charge in [-0.15, -0.1) is 0 Å². The number of amides is 3. The first-order chi connectivity index (χ1) is 18.8. The van der Waals surface area contributed by atoms with Crippen molar-refractivity contribution < 1.29 is 14.3 Å². The molecule has 2 heterocycles. The molecule has 2 atom stereocenters. The summed E-state index contributed by atoms with van der Waals surface area (Å²) < 4.78 is 8.32. The monoisotopic (exact) mass is 550 g/mol. The van der Waals surface area contributed by atoms with Crippen LogP contribution < -0.4 is 27.2 Å². The Hall–Kier alpha value is -4.14. The minimum absolute atomic E-state index is 0.108. The predicted molar refractivity (Wildman–Crippen MR) is 146 cm³/mol. The number of nitriles is 1. The summed E-state index contributed by atoms with van der Waals surface area (Å²) in [6.45, 7) is 2.91. The van der Waals surface area contributed by atoms with Crippen molar-refractivity contribution in [3.63, 3.8) is 0 Å². The van der Waals surface area contributed by atoms with Gasteiger partial charge in [-0.2, -0.15) is 5.26 Å². The lowest BCUT2D eigenvalue weighted by molar-refractivity contribution is -0.120. The first kappa shape index (κ1) is 26.5. The van der Waals surface area contributed by atoms with Crippen molar-refractivity contribution in [2.75, 3.05) is 23.8 Å². The van der Waals surface area contributed by atoms with Gasteiger partial charge in [-0.25, -0.2) is 9.59 Å². The summed E-state index contributed by atoms with van der Waals surface area (Å²) in [4.78, 5) is 51.8. The van der Waals surface area contributed by atoms with Gasteiger partial charge in [0.2, 0.25) is 5.91 Å². The Kier molecular flexibility index (Phi) is 7.41. The van der Waals surface area contributed by atoms with Crippen LogP contribution in [0, 0.1) is 23.2 Å². The summed E-state index contributed by atoms with van der Waals surface area (Å²) in [5.74, 6) is -0.702. The number of hydrogen-bond acceptors (Lipinski definition) is 6. The number of fused-ring (bicyclic) bond motifs is 1. The van der Waals surface area contributed by atoms with Crippen molar-refractivity contribution in [1.82, 2.24) is 14.5 Å². The fraction of sp³-hybridized carbons (Fsp3) is 0.370. The van der Waals surface area contributed by atoms with Crippen LogP contribution in [0.2, 0.25) is 5.02 Å². The molecule has 1 aliphatic carbocycles. The van der Waals surface area contributed by atoms with Crippen LogP contribution >= 0.6 is 11.6 Å². The van der Waals surface area contributed by atoms with E-state index in [1.165, 1.54) is 16.7 Å². The standard InChI is InChI=1S/C27H27ClN6O5/c1-2-33-23-8-7-17(9-19(23)25(36)34(27(33)38)12-15-3-4-15)30-24(35)20-13-39-14-22(20)32-26(37)31-18-6-5-16(11-29)21(28)10-18/h5-10,15,20,22H,2-4,12-14H2,1H3,(H,30,35)(H2,31,32,37)/t20-,22+/m1/s1. The van der Waals surface area contributed by atoms with E-state index < -0.39 is 18.0 Å². The quantitative estimate of drug-likeness (QED) is 0.412. The molecule has 1 saturated carbocycles. The number of rotatable bonds is 7. The van der Waals surface area contributed by atoms with Gasteiger partial charge in [-0.05, 0) is 62.1 Å². The van der Waals surface area contributed by atoms with Crippen molar-refractivity contribution in [1.29, 1.82) is 5.26 Å². The van der Waals surface area contributed by atoms with Crippen molar-refractivity contribution in [3.05, 3.63) is 67.8 Å². The van der Waals surface area contributed by atoms with E-state index in [1.54, 1.807) is 28.8 Å². The number of halogens is 1. The smallest absolute Gasteiger partial charge is 0.331 e. The molecule has 39 heavy (non-hydrogen) atoms. The number of hydrogen-bond donors (Lipinski definition) is 3. The molecule has 5 rings (SSSR count). The number of anilines is 2. The van der Waals surface area contributed by atoms with Gasteiger partial charge >= 0.3 is 11.7 Å². The van der Waals surface area contributed by atoms with E-state index in [1.807, 2.05) is 13.0 Å². The number of benzene rings is 2. The highest BCUT2D eigenvalue weighted by Crippen LogP contribution is 2.30. The van der Waals surface area contributed by atoms with Crippen LogP contribution in [0.5, 0.6) is 0 Å². The average Bonchev–Trinajstić information content (AvgIpc) is 3.62. The molecule has 1 aromatic heterocycles. The summed E-state index contributed by atoms with van der Waals surface area (Å²) in [6.07, 6.45) is 2.01. The van der Waals surface area contributed by atoms with Gasteiger partial charge in [0.25, 0.3) is 5.56 Å². The van der Waals surface area contributed by atoms with E-state index >= 15 is 0 Å². The maximum absolute atomic E-state index is 13.2. The second-order valence-electron chi connectivity index (χ2n) is 9.76. The maximum Gasteiger partial charge on any atom is 0.331 e. The van der Waals surface area contributed by atoms with Gasteiger partial charge in [0.1, 0.15) is 6.07 Å². The molecule has 0 spiro atoms. The summed E-state index contributed by atoms with van der Waals surface area (Å²) in [5.41, 5.74) is 0.915. The molecule has 3 N–H and O–H groups in total. The van der Waals surface area contributed by atoms with Crippen LogP contribution in [0.3, 0.4) is 0 Å². The molecule has 2 fully saturated rings. The Labute approximate surface area is 228 Å². The fourth-order valence-corrected chi connectivity index (χ4v) is 4.96. The van der Waals surface area contributed by atoms with Gasteiger partial charge in [0.05, 0.1) is 46.7 Å². The van der Waals surface area contributed by atoms with Crippen LogP contribution in [0.4, 0.5) is 16.2 Å². The average molecular weight is 551 g/mol. The van der Waals surface area contributed by atoms with E-state index in [0.717, 1.165) is 12.8 Å². The number of aromatic nitrogens is 2. The van der Waals surface area contributed by atoms with Crippen LogP contribution in [-0.4, -0.2) is 40.3 Å². The highest BCUT2D eigenvalue weighted by Gasteiger charge is 2.35. The minimum Gasteiger partial charge on any atom is -0.378 e. The third-order valence-corrected chi connectivity index (χ3v) is 7.34. The van der Waals surface area contributed by atoms with E-state index in [0.29, 0.717) is 41.3 Å². The molecule has 3 aromatic rings. The van der Waals surface area contributed by atoms with Gasteiger partial charge in [-0.3, -0.25) is 18.7 Å². The normalized spacial score (nSPS) is 18.5. The molecule has 1 saturated heterocycles. The third kappa shape index (κ3) is 5.53. The van der Waals surface area contributed by atoms with Gasteiger partial charge in [0, 0.05) is 24.5 Å². The summed E-state index contributed by atoms with van der Waals surface area (Å²) in [5, 5.41) is 17.8. The second-order valence-corrected chi connectivity index (χ2v) is 10.2. The molecule has 3 amide bonds. The molecular formula is C27H27ClN6O5. The third-order valence-electron chi connectivity index (χ3n) is 7.03. The van der Waals surface area contributed by atoms with Crippen molar-refractivity contribution in [2.45, 2.75) is 38.9 Å². The lowest BCUT2D eigenvalue weighted by atomic mass is 10.0. The zero-order chi connectivity index (χ0) is 27.7. The number of aryl methyl sites for hydroxylation is 1. The van der Waals surface area contributed by atoms with E-state index in [-0.39, 0.29) is 41.0 Å². The molecule has 12 heteroatoms. The summed E-state index contributed by atoms with van der Waals surface area (Å²) in [6, 6.07) is 10.2. The molecule has 0 bridgehead atoms. The highest BCUT2D eigenvalue weighted by atomic mass is 35.5. The lowest BCUT2D eigenvalue weighted by Crippen LogP contribution is -2.46. The molecule has 202 valence electrons. The van der Waals surface area contributed by atoms with E-state index in [4.69, 9.17) is 21.6 Å². The van der Waals surface area contributed by atoms with Gasteiger partial charge in [-0.1, -0.05) is 11.6 Å². The minimum atomic E-state index is -0.674. The molecule has 1 aliphatic heterocycles. The maximum atomic E-state index is 13.2. The summed E-state index contributed by atoms with van der Waals surface area (Å²) >= 11 is 6.02. The Bertz CT molecular complexity index is 1620. The van der Waals surface area contributed by atoms with Gasteiger partial charge in [0.15, 0.2) is 0 Å². The SMILES string of the molecule is CCn1c(=O)n(CC2CC2)c(=O)c2cc(NC(=O)[C@@H]3COC[C@@H]3NC(=O)Nc3ccc(C#N)c(Cl)c3)ccc21. The number of carbonyl (C=O) groups excluding carboxylic acids is 2. The predicted octanol–water partition coefficient (Wildman–Crippen LogP) is 2.89. The Balaban J connectivity index is 1.30. The number of urea groups is 1. The Morgan fingerprint density at radius 2 is 1.82 bits per heavy atom. The van der Waals surface area contributed by atoms with Crippen molar-refractivity contribution in [2.24, 2.45) is 11.8 Å². The van der Waals surface area contributed by atoms with Crippen LogP contribution in [0.1, 0.15) is 25.3 Å². The molecule has 2 aromatic carbocycles. The van der Waals surface area contributed by atoms with E-state index in [9.17, 15) is 19.2 Å². The van der Waals surface area contributed by atoms with E-state index in [2.05, 4.69) is 16.0 Å². The largest absolute Gasteiger partial charge is 0.378 e. The first-order valence-electron chi connectivity index (χ1n) is 12.7. The molecule has 2 aliphatic rings. The molecule has 0 radical (unpaired) electrons. The first-order valence-corrected chi connectivity index (χ1v) is 13.1. The van der Waals surface area contributed by atoms with Crippen molar-refractivity contribution in [3.8, 4) is 6.07 Å². The van der Waals surface area contributed by atoms with Crippen LogP contribution in [0.25, 0.3) is 10.9 Å².